The molecule has 2 aliphatic heterocycles. The summed E-state index contributed by atoms with van der Waals surface area (Å²) in [6.07, 6.45) is 1.94. The van der Waals surface area contributed by atoms with Gasteiger partial charge in [0.05, 0.1) is 6.10 Å². The summed E-state index contributed by atoms with van der Waals surface area (Å²) >= 11 is 0. The van der Waals surface area contributed by atoms with Gasteiger partial charge in [0.2, 0.25) is 5.78 Å². The molecule has 0 aromatic carbocycles. The van der Waals surface area contributed by atoms with Crippen molar-refractivity contribution in [3.05, 3.63) is 11.3 Å². The molecular weight excluding hydrogens is 196 g/mol. The minimum atomic E-state index is -0.649. The summed E-state index contributed by atoms with van der Waals surface area (Å²) in [5.41, 5.74) is 0.137. The Kier molecular flexibility index (Phi) is 2.50. The minimum Gasteiger partial charge on any atom is -0.494 e. The summed E-state index contributed by atoms with van der Waals surface area (Å²) in [4.78, 5) is 23.0. The molecule has 82 valence electrons. The first kappa shape index (κ1) is 10.2. The molecule has 0 bridgehead atoms. The zero-order valence-corrected chi connectivity index (χ0v) is 8.91. The lowest BCUT2D eigenvalue weighted by Crippen LogP contribution is -2.12. The van der Waals surface area contributed by atoms with E-state index in [1.807, 2.05) is 6.92 Å². The molecule has 0 unspecified atom stereocenters. The van der Waals surface area contributed by atoms with E-state index in [1.54, 1.807) is 6.92 Å². The quantitative estimate of drug-likeness (QED) is 0.372. The lowest BCUT2D eigenvalue weighted by Gasteiger charge is -2.07. The van der Waals surface area contributed by atoms with Crippen LogP contribution in [0.25, 0.3) is 0 Å². The van der Waals surface area contributed by atoms with Gasteiger partial charge in [-0.05, 0) is 19.8 Å². The standard InChI is InChI=1S/C11H14O4/c1-3-7-4-5-8(15-7)9-10(12)6(2)14-11(9)13/h6-7H,3-5H2,1-2H3/b9-8+/t6-,7+/m1/s1. The summed E-state index contributed by atoms with van der Waals surface area (Å²) in [6.45, 7) is 3.61. The molecule has 2 atom stereocenters. The smallest absolute Gasteiger partial charge is 0.346 e. The number of rotatable bonds is 1. The molecular formula is C11H14O4. The van der Waals surface area contributed by atoms with Crippen molar-refractivity contribution in [2.75, 3.05) is 0 Å². The first-order valence-corrected chi connectivity index (χ1v) is 5.28. The molecule has 2 aliphatic rings. The fourth-order valence-corrected chi connectivity index (χ4v) is 1.91. The number of esters is 1. The Morgan fingerprint density at radius 2 is 2.07 bits per heavy atom. The number of cyclic esters (lactones) is 1. The SMILES string of the molecule is CC[C@H]1CC/C(=C2\C(=O)O[C@H](C)C2=O)O1. The van der Waals surface area contributed by atoms with Gasteiger partial charge in [0.25, 0.3) is 0 Å². The van der Waals surface area contributed by atoms with E-state index in [9.17, 15) is 9.59 Å². The Hall–Kier alpha value is -1.32. The van der Waals surface area contributed by atoms with Gasteiger partial charge < -0.3 is 9.47 Å². The van der Waals surface area contributed by atoms with Crippen LogP contribution in [0, 0.1) is 0 Å². The maximum atomic E-state index is 11.6. The van der Waals surface area contributed by atoms with Crippen LogP contribution in [-0.2, 0) is 19.1 Å². The van der Waals surface area contributed by atoms with Crippen molar-refractivity contribution >= 4 is 11.8 Å². The molecule has 4 heteroatoms. The molecule has 0 aromatic heterocycles. The van der Waals surface area contributed by atoms with Gasteiger partial charge >= 0.3 is 5.97 Å². The average molecular weight is 210 g/mol. The lowest BCUT2D eigenvalue weighted by molar-refractivity contribution is -0.140. The largest absolute Gasteiger partial charge is 0.494 e. The van der Waals surface area contributed by atoms with E-state index in [-0.39, 0.29) is 17.5 Å². The Morgan fingerprint density at radius 1 is 1.33 bits per heavy atom. The zero-order chi connectivity index (χ0) is 11.0. The van der Waals surface area contributed by atoms with Gasteiger partial charge in [-0.3, -0.25) is 4.79 Å². The van der Waals surface area contributed by atoms with Crippen molar-refractivity contribution in [3.8, 4) is 0 Å². The highest BCUT2D eigenvalue weighted by Crippen LogP contribution is 2.31. The van der Waals surface area contributed by atoms with Crippen molar-refractivity contribution in [1.29, 1.82) is 0 Å². The van der Waals surface area contributed by atoms with Gasteiger partial charge in [-0.2, -0.15) is 0 Å². The molecule has 0 radical (unpaired) electrons. The summed E-state index contributed by atoms with van der Waals surface area (Å²) in [5, 5.41) is 0. The number of hydrogen-bond acceptors (Lipinski definition) is 4. The summed E-state index contributed by atoms with van der Waals surface area (Å²) < 4.78 is 10.4. The summed E-state index contributed by atoms with van der Waals surface area (Å²) in [7, 11) is 0. The number of carbonyl (C=O) groups excluding carboxylic acids is 2. The van der Waals surface area contributed by atoms with Crippen LogP contribution >= 0.6 is 0 Å². The van der Waals surface area contributed by atoms with E-state index >= 15 is 0 Å². The van der Waals surface area contributed by atoms with Crippen LogP contribution in [0.15, 0.2) is 11.3 Å². The number of Topliss-reactive ketones (excluding diaryl/α,β-unsaturated/α-hetero) is 1. The maximum Gasteiger partial charge on any atom is 0.346 e. The first-order valence-electron chi connectivity index (χ1n) is 5.28. The molecule has 0 amide bonds. The zero-order valence-electron chi connectivity index (χ0n) is 8.91. The van der Waals surface area contributed by atoms with Gasteiger partial charge in [-0.1, -0.05) is 6.92 Å². The number of ether oxygens (including phenoxy) is 2. The molecule has 2 saturated heterocycles. The van der Waals surface area contributed by atoms with Crippen molar-refractivity contribution in [2.45, 2.75) is 45.3 Å². The van der Waals surface area contributed by atoms with Crippen molar-refractivity contribution < 1.29 is 19.1 Å². The fourth-order valence-electron chi connectivity index (χ4n) is 1.91. The Bertz CT molecular complexity index is 342. The molecule has 0 saturated carbocycles. The van der Waals surface area contributed by atoms with Crippen LogP contribution in [0.5, 0.6) is 0 Å². The number of ketones is 1. The Balaban J connectivity index is 2.26. The van der Waals surface area contributed by atoms with Crippen LogP contribution in [0.1, 0.15) is 33.1 Å². The monoisotopic (exact) mass is 210 g/mol. The molecule has 0 aliphatic carbocycles. The second-order valence-corrected chi connectivity index (χ2v) is 3.90. The normalized spacial score (nSPS) is 35.6. The molecule has 2 rings (SSSR count). The molecule has 0 N–H and O–H groups in total. The molecule has 2 heterocycles. The van der Waals surface area contributed by atoms with Crippen LogP contribution in [0.2, 0.25) is 0 Å². The van der Waals surface area contributed by atoms with E-state index in [1.165, 1.54) is 0 Å². The molecule has 15 heavy (non-hydrogen) atoms. The third-order valence-corrected chi connectivity index (χ3v) is 2.84. The van der Waals surface area contributed by atoms with E-state index in [4.69, 9.17) is 9.47 Å². The first-order chi connectivity index (χ1) is 7.13. The van der Waals surface area contributed by atoms with Crippen molar-refractivity contribution in [3.63, 3.8) is 0 Å². The highest BCUT2D eigenvalue weighted by molar-refractivity contribution is 6.23. The third kappa shape index (κ3) is 1.64. The second-order valence-electron chi connectivity index (χ2n) is 3.90. The fraction of sp³-hybridized carbons (Fsp3) is 0.636. The van der Waals surface area contributed by atoms with Crippen LogP contribution < -0.4 is 0 Å². The summed E-state index contributed by atoms with van der Waals surface area (Å²) in [5.74, 6) is -0.243. The lowest BCUT2D eigenvalue weighted by atomic mass is 10.1. The predicted molar refractivity (Wildman–Crippen MR) is 52.0 cm³/mol. The highest BCUT2D eigenvalue weighted by Gasteiger charge is 2.40. The number of allylic oxidation sites excluding steroid dienone is 1. The van der Waals surface area contributed by atoms with Crippen LogP contribution in [-0.4, -0.2) is 24.0 Å². The van der Waals surface area contributed by atoms with Crippen molar-refractivity contribution in [1.82, 2.24) is 0 Å². The minimum absolute atomic E-state index is 0.137. The van der Waals surface area contributed by atoms with Crippen LogP contribution in [0.3, 0.4) is 0 Å². The Morgan fingerprint density at radius 3 is 2.53 bits per heavy atom. The van der Waals surface area contributed by atoms with Crippen molar-refractivity contribution in [2.24, 2.45) is 0 Å². The number of hydrogen-bond donors (Lipinski definition) is 0. The van der Waals surface area contributed by atoms with E-state index in [0.29, 0.717) is 12.2 Å². The Labute approximate surface area is 88.2 Å². The molecule has 0 spiro atoms. The van der Waals surface area contributed by atoms with Gasteiger partial charge in [0.15, 0.2) is 6.10 Å². The number of carbonyl (C=O) groups is 2. The summed E-state index contributed by atoms with van der Waals surface area (Å²) in [6, 6.07) is 0. The second kappa shape index (κ2) is 3.68. The van der Waals surface area contributed by atoms with Crippen LogP contribution in [0.4, 0.5) is 0 Å². The van der Waals surface area contributed by atoms with Gasteiger partial charge in [0, 0.05) is 6.42 Å². The molecule has 2 fully saturated rings. The van der Waals surface area contributed by atoms with Gasteiger partial charge in [-0.15, -0.1) is 0 Å². The predicted octanol–water partition coefficient (Wildman–Crippen LogP) is 1.34. The van der Waals surface area contributed by atoms with E-state index < -0.39 is 12.1 Å². The van der Waals surface area contributed by atoms with E-state index in [2.05, 4.69) is 0 Å². The topological polar surface area (TPSA) is 52.6 Å². The average Bonchev–Trinajstić information content (AvgIpc) is 2.74. The molecule has 4 nitrogen and oxygen atoms in total. The van der Waals surface area contributed by atoms with Gasteiger partial charge in [0.1, 0.15) is 11.3 Å². The molecule has 0 aromatic rings. The third-order valence-electron chi connectivity index (χ3n) is 2.84. The highest BCUT2D eigenvalue weighted by atomic mass is 16.6. The van der Waals surface area contributed by atoms with E-state index in [0.717, 1.165) is 12.8 Å². The van der Waals surface area contributed by atoms with Gasteiger partial charge in [-0.25, -0.2) is 4.79 Å². The maximum absolute atomic E-state index is 11.6.